The van der Waals surface area contributed by atoms with Crippen molar-refractivity contribution < 1.29 is 9.53 Å². The van der Waals surface area contributed by atoms with Crippen molar-refractivity contribution in [2.75, 3.05) is 7.11 Å². The van der Waals surface area contributed by atoms with Crippen LogP contribution in [0.15, 0.2) is 58.7 Å². The van der Waals surface area contributed by atoms with Crippen molar-refractivity contribution in [2.45, 2.75) is 32.1 Å². The van der Waals surface area contributed by atoms with Gasteiger partial charge in [-0.15, -0.1) is 5.10 Å². The van der Waals surface area contributed by atoms with E-state index in [1.54, 1.807) is 18.2 Å². The Morgan fingerprint density at radius 3 is 2.48 bits per heavy atom. The number of carbonyl (C=O) groups excluding carboxylic acids is 1. The molecule has 3 rings (SSSR count). The van der Waals surface area contributed by atoms with Gasteiger partial charge in [0.1, 0.15) is 5.75 Å². The van der Waals surface area contributed by atoms with Crippen molar-refractivity contribution in [1.29, 1.82) is 0 Å². The Morgan fingerprint density at radius 1 is 1.15 bits per heavy atom. The predicted molar refractivity (Wildman–Crippen MR) is 111 cm³/mol. The molecule has 1 fully saturated rings. The van der Waals surface area contributed by atoms with Crippen molar-refractivity contribution in [3.05, 3.63) is 65.2 Å². The van der Waals surface area contributed by atoms with Gasteiger partial charge in [0.05, 0.1) is 25.1 Å². The van der Waals surface area contributed by atoms with E-state index in [4.69, 9.17) is 4.74 Å². The molecule has 1 aliphatic heterocycles. The van der Waals surface area contributed by atoms with Crippen molar-refractivity contribution in [3.63, 3.8) is 0 Å². The van der Waals surface area contributed by atoms with Crippen molar-refractivity contribution in [1.82, 2.24) is 4.90 Å². The summed E-state index contributed by atoms with van der Waals surface area (Å²) < 4.78 is 5.19. The molecule has 1 saturated heterocycles. The minimum atomic E-state index is -0.100. The fourth-order valence-electron chi connectivity index (χ4n) is 2.70. The number of rotatable bonds is 6. The number of benzene rings is 2. The fourth-order valence-corrected chi connectivity index (χ4v) is 3.73. The molecule has 5 nitrogen and oxygen atoms in total. The van der Waals surface area contributed by atoms with E-state index >= 15 is 0 Å². The molecular weight excluding hydrogens is 358 g/mol. The number of amides is 1. The highest BCUT2D eigenvalue weighted by Gasteiger charge is 2.36. The van der Waals surface area contributed by atoms with Crippen LogP contribution in [0.5, 0.6) is 5.75 Å². The first-order valence-corrected chi connectivity index (χ1v) is 9.77. The zero-order valence-corrected chi connectivity index (χ0v) is 16.6. The third-order valence-corrected chi connectivity index (χ3v) is 5.65. The van der Waals surface area contributed by atoms with Gasteiger partial charge in [0.25, 0.3) is 0 Å². The summed E-state index contributed by atoms with van der Waals surface area (Å²) in [5, 5.41) is 9.08. The largest absolute Gasteiger partial charge is 0.497 e. The molecule has 2 aromatic rings. The summed E-state index contributed by atoms with van der Waals surface area (Å²) in [5.74, 6) is 0.881. The second-order valence-electron chi connectivity index (χ2n) is 6.33. The third-order valence-electron chi connectivity index (χ3n) is 4.32. The molecule has 1 heterocycles. The second kappa shape index (κ2) is 8.86. The number of thioether (sulfide) groups is 1. The summed E-state index contributed by atoms with van der Waals surface area (Å²) in [7, 11) is 1.64. The van der Waals surface area contributed by atoms with Gasteiger partial charge in [0.2, 0.25) is 5.91 Å². The molecule has 0 N–H and O–H groups in total. The fraction of sp³-hybridized carbons (Fsp3) is 0.286. The van der Waals surface area contributed by atoms with Crippen LogP contribution in [0, 0.1) is 6.92 Å². The van der Waals surface area contributed by atoms with Crippen LogP contribution in [0.25, 0.3) is 0 Å². The minimum absolute atomic E-state index is 0.0857. The number of hydrogen-bond donors (Lipinski definition) is 0. The van der Waals surface area contributed by atoms with Gasteiger partial charge in [-0.2, -0.15) is 5.10 Å². The molecule has 1 aliphatic rings. The van der Waals surface area contributed by atoms with Gasteiger partial charge in [-0.1, -0.05) is 60.6 Å². The van der Waals surface area contributed by atoms with E-state index in [0.717, 1.165) is 23.3 Å². The SMILES string of the molecule is CC[C@H]1S/C(=N/N=C\c2ccc(C)cc2)N(Cc2ccc(OC)cc2)C1=O. The molecule has 0 bridgehead atoms. The van der Waals surface area contributed by atoms with E-state index < -0.39 is 0 Å². The van der Waals surface area contributed by atoms with Crippen LogP contribution < -0.4 is 4.74 Å². The van der Waals surface area contributed by atoms with Crippen LogP contribution in [-0.2, 0) is 11.3 Å². The smallest absolute Gasteiger partial charge is 0.242 e. The van der Waals surface area contributed by atoms with E-state index in [-0.39, 0.29) is 11.2 Å². The van der Waals surface area contributed by atoms with Crippen LogP contribution in [0.2, 0.25) is 0 Å². The monoisotopic (exact) mass is 381 g/mol. The number of methoxy groups -OCH3 is 1. The van der Waals surface area contributed by atoms with Gasteiger partial charge >= 0.3 is 0 Å². The maximum Gasteiger partial charge on any atom is 0.242 e. The first-order chi connectivity index (χ1) is 13.1. The Hall–Kier alpha value is -2.60. The topological polar surface area (TPSA) is 54.3 Å². The van der Waals surface area contributed by atoms with E-state index in [0.29, 0.717) is 11.7 Å². The van der Waals surface area contributed by atoms with E-state index in [2.05, 4.69) is 10.2 Å². The van der Waals surface area contributed by atoms with Crippen molar-refractivity contribution >= 4 is 29.1 Å². The van der Waals surface area contributed by atoms with Gasteiger partial charge in [0, 0.05) is 0 Å². The van der Waals surface area contributed by atoms with Crippen LogP contribution in [-0.4, -0.2) is 34.5 Å². The number of amidine groups is 1. The molecule has 140 valence electrons. The normalized spacial score (nSPS) is 18.6. The Kier molecular flexibility index (Phi) is 6.29. The number of nitrogens with zero attached hydrogens (tertiary/aromatic N) is 3. The van der Waals surface area contributed by atoms with Crippen LogP contribution >= 0.6 is 11.8 Å². The molecule has 0 aliphatic carbocycles. The number of aryl methyl sites for hydroxylation is 1. The highest BCUT2D eigenvalue weighted by molar-refractivity contribution is 8.15. The van der Waals surface area contributed by atoms with Crippen molar-refractivity contribution in [2.24, 2.45) is 10.2 Å². The third kappa shape index (κ3) is 4.77. The van der Waals surface area contributed by atoms with Crippen molar-refractivity contribution in [3.8, 4) is 5.75 Å². The Labute approximate surface area is 164 Å². The molecule has 0 aromatic heterocycles. The summed E-state index contributed by atoms with van der Waals surface area (Å²) in [5.41, 5.74) is 3.21. The predicted octanol–water partition coefficient (Wildman–Crippen LogP) is 4.25. The van der Waals surface area contributed by atoms with Gasteiger partial charge in [-0.05, 0) is 36.6 Å². The lowest BCUT2D eigenvalue weighted by Crippen LogP contribution is -2.31. The van der Waals surface area contributed by atoms with Gasteiger partial charge in [-0.25, -0.2) is 0 Å². The van der Waals surface area contributed by atoms with Crippen LogP contribution in [0.4, 0.5) is 0 Å². The van der Waals surface area contributed by atoms with E-state index in [9.17, 15) is 4.79 Å². The minimum Gasteiger partial charge on any atom is -0.497 e. The summed E-state index contributed by atoms with van der Waals surface area (Å²) in [6.45, 7) is 4.54. The number of hydrogen-bond acceptors (Lipinski definition) is 5. The van der Waals surface area contributed by atoms with Gasteiger partial charge in [0.15, 0.2) is 5.17 Å². The number of ether oxygens (including phenoxy) is 1. The maximum atomic E-state index is 12.7. The lowest BCUT2D eigenvalue weighted by Gasteiger charge is -2.16. The molecular formula is C21H23N3O2S. The average Bonchev–Trinajstić information content (AvgIpc) is 2.99. The molecule has 0 saturated carbocycles. The molecule has 6 heteroatoms. The highest BCUT2D eigenvalue weighted by atomic mass is 32.2. The lowest BCUT2D eigenvalue weighted by molar-refractivity contribution is -0.126. The number of carbonyl (C=O) groups is 1. The summed E-state index contributed by atoms with van der Waals surface area (Å²) in [6.07, 6.45) is 2.48. The lowest BCUT2D eigenvalue weighted by atomic mass is 10.2. The zero-order valence-electron chi connectivity index (χ0n) is 15.8. The first-order valence-electron chi connectivity index (χ1n) is 8.89. The molecule has 0 radical (unpaired) electrons. The van der Waals surface area contributed by atoms with Gasteiger partial charge < -0.3 is 4.74 Å². The first kappa shape index (κ1) is 19.2. The maximum absolute atomic E-state index is 12.7. The van der Waals surface area contributed by atoms with E-state index in [1.165, 1.54) is 17.3 Å². The average molecular weight is 382 g/mol. The summed E-state index contributed by atoms with van der Waals surface area (Å²) >= 11 is 1.48. The zero-order chi connectivity index (χ0) is 19.2. The molecule has 1 amide bonds. The van der Waals surface area contributed by atoms with E-state index in [1.807, 2.05) is 62.4 Å². The molecule has 27 heavy (non-hydrogen) atoms. The molecule has 0 unspecified atom stereocenters. The second-order valence-corrected chi connectivity index (χ2v) is 7.49. The standard InChI is InChI=1S/C21H23N3O2S/c1-4-19-20(25)24(14-17-9-11-18(26-3)12-10-17)21(27-19)23-22-13-16-7-5-15(2)6-8-16/h5-13,19H,4,14H2,1-3H3/b22-13-,23-21+/t19-/m1/s1. The van der Waals surface area contributed by atoms with Crippen LogP contribution in [0.3, 0.4) is 0 Å². The van der Waals surface area contributed by atoms with Gasteiger partial charge in [-0.3, -0.25) is 9.69 Å². The Balaban J connectivity index is 1.77. The quantitative estimate of drug-likeness (QED) is 0.555. The molecule has 0 spiro atoms. The highest BCUT2D eigenvalue weighted by Crippen LogP contribution is 2.31. The molecule has 1 atom stereocenters. The van der Waals surface area contributed by atoms with Crippen LogP contribution in [0.1, 0.15) is 30.0 Å². The Morgan fingerprint density at radius 2 is 1.85 bits per heavy atom. The summed E-state index contributed by atoms with van der Waals surface area (Å²) in [6, 6.07) is 15.8. The summed E-state index contributed by atoms with van der Waals surface area (Å²) in [4.78, 5) is 14.4. The Bertz CT molecular complexity index is 845. The molecule has 2 aromatic carbocycles.